The smallest absolute Gasteiger partial charge is 0.303 e. The first-order valence-electron chi connectivity index (χ1n) is 3.45. The minimum absolute atomic E-state index is 0.146. The van der Waals surface area contributed by atoms with Gasteiger partial charge in [-0.05, 0) is 11.4 Å². The van der Waals surface area contributed by atoms with E-state index < -0.39 is 5.97 Å². The van der Waals surface area contributed by atoms with Crippen LogP contribution in [0, 0.1) is 0 Å². The van der Waals surface area contributed by atoms with Crippen LogP contribution in [0.25, 0.3) is 0 Å². The van der Waals surface area contributed by atoms with E-state index >= 15 is 0 Å². The van der Waals surface area contributed by atoms with Gasteiger partial charge in [-0.1, -0.05) is 13.0 Å². The average Bonchev–Trinajstić information content (AvgIpc) is 2.35. The Hall–Kier alpha value is -0.830. The summed E-state index contributed by atoms with van der Waals surface area (Å²) in [5.74, 6) is -0.585. The topological polar surface area (TPSA) is 37.3 Å². The molecule has 0 spiro atoms. The molecule has 3 heteroatoms. The van der Waals surface area contributed by atoms with Crippen molar-refractivity contribution in [2.75, 3.05) is 0 Å². The highest BCUT2D eigenvalue weighted by Gasteiger charge is 2.09. The van der Waals surface area contributed by atoms with Crippen molar-refractivity contribution in [2.45, 2.75) is 19.3 Å². The fraction of sp³-hybridized carbons (Fsp3) is 0.375. The van der Waals surface area contributed by atoms with Crippen molar-refractivity contribution in [3.05, 3.63) is 22.4 Å². The Bertz CT molecular complexity index is 228. The predicted molar refractivity (Wildman–Crippen MR) is 45.0 cm³/mol. The molecule has 1 aromatic heterocycles. The minimum Gasteiger partial charge on any atom is -0.481 e. The first kappa shape index (κ1) is 8.27. The Morgan fingerprint density at radius 3 is 3.00 bits per heavy atom. The summed E-state index contributed by atoms with van der Waals surface area (Å²) in [6, 6.07) is 3.91. The van der Waals surface area contributed by atoms with Gasteiger partial charge in [0.25, 0.3) is 0 Å². The van der Waals surface area contributed by atoms with Gasteiger partial charge in [-0.2, -0.15) is 0 Å². The van der Waals surface area contributed by atoms with Crippen LogP contribution in [0.15, 0.2) is 17.5 Å². The summed E-state index contributed by atoms with van der Waals surface area (Å²) in [5, 5.41) is 10.5. The van der Waals surface area contributed by atoms with Gasteiger partial charge in [0.05, 0.1) is 6.42 Å². The molecule has 0 aromatic carbocycles. The second-order valence-electron chi connectivity index (χ2n) is 2.51. The number of hydrogen-bond donors (Lipinski definition) is 1. The molecular weight excluding hydrogens is 160 g/mol. The number of carboxylic acids is 1. The highest BCUT2D eigenvalue weighted by atomic mass is 32.1. The van der Waals surface area contributed by atoms with E-state index in [9.17, 15) is 4.79 Å². The van der Waals surface area contributed by atoms with Gasteiger partial charge < -0.3 is 5.11 Å². The van der Waals surface area contributed by atoms with Crippen LogP contribution in [-0.2, 0) is 4.79 Å². The Morgan fingerprint density at radius 2 is 2.55 bits per heavy atom. The summed E-state index contributed by atoms with van der Waals surface area (Å²) < 4.78 is 0. The summed E-state index contributed by atoms with van der Waals surface area (Å²) >= 11 is 1.61. The zero-order chi connectivity index (χ0) is 8.27. The third-order valence-electron chi connectivity index (χ3n) is 1.51. The molecule has 0 aliphatic rings. The lowest BCUT2D eigenvalue weighted by molar-refractivity contribution is -0.137. The molecule has 0 aliphatic heterocycles. The van der Waals surface area contributed by atoms with Gasteiger partial charge >= 0.3 is 5.97 Å². The summed E-state index contributed by atoms with van der Waals surface area (Å²) in [7, 11) is 0. The molecule has 1 aromatic rings. The molecule has 1 atom stereocenters. The number of aliphatic carboxylic acids is 1. The second-order valence-corrected chi connectivity index (χ2v) is 3.49. The Kier molecular flexibility index (Phi) is 2.65. The van der Waals surface area contributed by atoms with Crippen molar-refractivity contribution < 1.29 is 9.90 Å². The lowest BCUT2D eigenvalue weighted by Gasteiger charge is -2.03. The maximum Gasteiger partial charge on any atom is 0.303 e. The van der Waals surface area contributed by atoms with Gasteiger partial charge in [0.15, 0.2) is 0 Å². The van der Waals surface area contributed by atoms with Crippen molar-refractivity contribution in [1.82, 2.24) is 0 Å². The van der Waals surface area contributed by atoms with E-state index in [2.05, 4.69) is 0 Å². The Labute approximate surface area is 69.5 Å². The molecule has 1 N–H and O–H groups in total. The maximum atomic E-state index is 10.3. The summed E-state index contributed by atoms with van der Waals surface area (Å²) in [5.41, 5.74) is 0. The quantitative estimate of drug-likeness (QED) is 0.755. The molecule has 0 fully saturated rings. The first-order valence-corrected chi connectivity index (χ1v) is 4.33. The highest BCUT2D eigenvalue weighted by Crippen LogP contribution is 2.23. The summed E-state index contributed by atoms with van der Waals surface area (Å²) in [4.78, 5) is 11.5. The van der Waals surface area contributed by atoms with Gasteiger partial charge in [-0.3, -0.25) is 4.79 Å². The van der Waals surface area contributed by atoms with Gasteiger partial charge in [0.2, 0.25) is 0 Å². The average molecular weight is 170 g/mol. The highest BCUT2D eigenvalue weighted by molar-refractivity contribution is 7.10. The van der Waals surface area contributed by atoms with Gasteiger partial charge in [-0.25, -0.2) is 0 Å². The minimum atomic E-state index is -0.731. The summed E-state index contributed by atoms with van der Waals surface area (Å²) in [6.07, 6.45) is 0.223. The van der Waals surface area contributed by atoms with E-state index in [1.165, 1.54) is 0 Å². The largest absolute Gasteiger partial charge is 0.481 e. The molecule has 0 amide bonds. The fourth-order valence-electron chi connectivity index (χ4n) is 0.934. The standard InChI is InChI=1S/C8H10O2S/c1-6(5-8(9)10)7-3-2-4-11-7/h2-4,6H,5H2,1H3,(H,9,10). The molecule has 0 saturated carbocycles. The van der Waals surface area contributed by atoms with E-state index in [4.69, 9.17) is 5.11 Å². The Morgan fingerprint density at radius 1 is 1.82 bits per heavy atom. The number of rotatable bonds is 3. The van der Waals surface area contributed by atoms with Crippen LogP contribution < -0.4 is 0 Å². The Balaban J connectivity index is 2.56. The third-order valence-corrected chi connectivity index (χ3v) is 2.61. The molecule has 11 heavy (non-hydrogen) atoms. The van der Waals surface area contributed by atoms with Crippen molar-refractivity contribution in [1.29, 1.82) is 0 Å². The molecule has 60 valence electrons. The molecule has 0 bridgehead atoms. The fourth-order valence-corrected chi connectivity index (χ4v) is 1.72. The third kappa shape index (κ3) is 2.35. The molecule has 1 heterocycles. The molecular formula is C8H10O2S. The molecule has 0 saturated heterocycles. The van der Waals surface area contributed by atoms with E-state index in [0.29, 0.717) is 0 Å². The molecule has 1 unspecified atom stereocenters. The van der Waals surface area contributed by atoms with Crippen molar-refractivity contribution in [3.63, 3.8) is 0 Å². The predicted octanol–water partition coefficient (Wildman–Crippen LogP) is 2.33. The van der Waals surface area contributed by atoms with Crippen LogP contribution in [0.3, 0.4) is 0 Å². The van der Waals surface area contributed by atoms with Crippen LogP contribution in [0.4, 0.5) is 0 Å². The molecule has 1 rings (SSSR count). The number of thiophene rings is 1. The normalized spacial score (nSPS) is 12.8. The van der Waals surface area contributed by atoms with Gasteiger partial charge in [0, 0.05) is 10.8 Å². The lowest BCUT2D eigenvalue weighted by atomic mass is 10.1. The van der Waals surface area contributed by atoms with Gasteiger partial charge in [0.1, 0.15) is 0 Å². The van der Waals surface area contributed by atoms with Crippen molar-refractivity contribution >= 4 is 17.3 Å². The SMILES string of the molecule is CC(CC(=O)O)c1cccs1. The van der Waals surface area contributed by atoms with E-state index in [1.54, 1.807) is 11.3 Å². The van der Waals surface area contributed by atoms with E-state index in [-0.39, 0.29) is 12.3 Å². The zero-order valence-electron chi connectivity index (χ0n) is 6.28. The van der Waals surface area contributed by atoms with Crippen LogP contribution in [0.5, 0.6) is 0 Å². The first-order chi connectivity index (χ1) is 5.20. The van der Waals surface area contributed by atoms with Crippen LogP contribution in [0.1, 0.15) is 24.1 Å². The molecule has 0 aliphatic carbocycles. The zero-order valence-corrected chi connectivity index (χ0v) is 7.10. The van der Waals surface area contributed by atoms with E-state index in [0.717, 1.165) is 4.88 Å². The monoisotopic (exact) mass is 170 g/mol. The van der Waals surface area contributed by atoms with E-state index in [1.807, 2.05) is 24.4 Å². The molecule has 0 radical (unpaired) electrons. The number of carbonyl (C=O) groups is 1. The van der Waals surface area contributed by atoms with Crippen LogP contribution >= 0.6 is 11.3 Å². The van der Waals surface area contributed by atoms with Crippen molar-refractivity contribution in [3.8, 4) is 0 Å². The van der Waals surface area contributed by atoms with Crippen LogP contribution in [0.2, 0.25) is 0 Å². The lowest BCUT2D eigenvalue weighted by Crippen LogP contribution is -2.00. The van der Waals surface area contributed by atoms with Crippen LogP contribution in [-0.4, -0.2) is 11.1 Å². The van der Waals surface area contributed by atoms with Crippen molar-refractivity contribution in [2.24, 2.45) is 0 Å². The second kappa shape index (κ2) is 3.53. The summed E-state index contributed by atoms with van der Waals surface area (Å²) in [6.45, 7) is 1.93. The number of hydrogen-bond acceptors (Lipinski definition) is 2. The molecule has 2 nitrogen and oxygen atoms in total. The van der Waals surface area contributed by atoms with Gasteiger partial charge in [-0.15, -0.1) is 11.3 Å². The maximum absolute atomic E-state index is 10.3. The number of carboxylic acid groups (broad SMARTS) is 1.